The van der Waals surface area contributed by atoms with Gasteiger partial charge in [-0.15, -0.1) is 0 Å². The molecule has 5 rings (SSSR count). The maximum atomic E-state index is 5.52. The fourth-order valence-corrected chi connectivity index (χ4v) is 4.67. The zero-order valence-electron chi connectivity index (χ0n) is 16.4. The third kappa shape index (κ3) is 3.73. The number of hydrogen-bond donors (Lipinski definition) is 1. The van der Waals surface area contributed by atoms with Crippen LogP contribution in [-0.4, -0.2) is 24.7 Å². The van der Waals surface area contributed by atoms with E-state index in [9.17, 15) is 0 Å². The van der Waals surface area contributed by atoms with Crippen LogP contribution in [0.2, 0.25) is 0 Å². The third-order valence-corrected chi connectivity index (χ3v) is 6.13. The van der Waals surface area contributed by atoms with Crippen LogP contribution in [0.1, 0.15) is 66.8 Å². The molecule has 3 heterocycles. The summed E-state index contributed by atoms with van der Waals surface area (Å²) in [6, 6.07) is 2.02. The molecule has 1 atom stereocenters. The summed E-state index contributed by atoms with van der Waals surface area (Å²) in [5.41, 5.74) is 10.7. The molecule has 146 valence electrons. The van der Waals surface area contributed by atoms with Gasteiger partial charge in [-0.1, -0.05) is 31.1 Å². The average Bonchev–Trinajstić information content (AvgIpc) is 3.35. The van der Waals surface area contributed by atoms with E-state index in [-0.39, 0.29) is 5.95 Å². The van der Waals surface area contributed by atoms with Crippen LogP contribution >= 0.6 is 0 Å². The van der Waals surface area contributed by atoms with E-state index in [4.69, 9.17) is 10.8 Å². The zero-order valence-corrected chi connectivity index (χ0v) is 16.4. The SMILES string of the molecule is Nc1ncc(C#Cc2cncc(-n3cc4c(n3)C(C3CCCCC3)CC4)c2)cn1. The number of aromatic nitrogens is 5. The maximum absolute atomic E-state index is 5.52. The van der Waals surface area contributed by atoms with Crippen molar-refractivity contribution in [1.29, 1.82) is 0 Å². The van der Waals surface area contributed by atoms with Crippen molar-refractivity contribution < 1.29 is 0 Å². The summed E-state index contributed by atoms with van der Waals surface area (Å²) >= 11 is 0. The lowest BCUT2D eigenvalue weighted by Gasteiger charge is -2.26. The lowest BCUT2D eigenvalue weighted by atomic mass is 9.79. The minimum absolute atomic E-state index is 0.248. The summed E-state index contributed by atoms with van der Waals surface area (Å²) in [5.74, 6) is 7.87. The molecular weight excluding hydrogens is 360 g/mol. The molecule has 0 bridgehead atoms. The molecule has 0 aromatic carbocycles. The van der Waals surface area contributed by atoms with Crippen molar-refractivity contribution in [3.05, 3.63) is 59.4 Å². The van der Waals surface area contributed by atoms with Crippen LogP contribution in [0.15, 0.2) is 37.1 Å². The summed E-state index contributed by atoms with van der Waals surface area (Å²) < 4.78 is 1.98. The van der Waals surface area contributed by atoms with Gasteiger partial charge in [0.2, 0.25) is 5.95 Å². The van der Waals surface area contributed by atoms with Crippen molar-refractivity contribution in [3.63, 3.8) is 0 Å². The van der Waals surface area contributed by atoms with Gasteiger partial charge in [0.25, 0.3) is 0 Å². The number of nitrogen functional groups attached to an aromatic ring is 1. The van der Waals surface area contributed by atoms with Crippen molar-refractivity contribution in [1.82, 2.24) is 24.7 Å². The third-order valence-electron chi connectivity index (χ3n) is 6.13. The quantitative estimate of drug-likeness (QED) is 0.682. The number of hydrogen-bond acceptors (Lipinski definition) is 5. The first-order chi connectivity index (χ1) is 14.3. The van der Waals surface area contributed by atoms with Crippen molar-refractivity contribution in [2.45, 2.75) is 50.9 Å². The Kier molecular flexibility index (Phi) is 4.73. The largest absolute Gasteiger partial charge is 0.368 e. The molecule has 0 saturated heterocycles. The van der Waals surface area contributed by atoms with Gasteiger partial charge in [-0.05, 0) is 43.2 Å². The average molecular weight is 384 g/mol. The Morgan fingerprint density at radius 3 is 2.55 bits per heavy atom. The van der Waals surface area contributed by atoms with Gasteiger partial charge in [0, 0.05) is 36.3 Å². The highest BCUT2D eigenvalue weighted by Gasteiger charge is 2.33. The smallest absolute Gasteiger partial charge is 0.219 e. The van der Waals surface area contributed by atoms with Gasteiger partial charge >= 0.3 is 0 Å². The molecule has 2 aliphatic carbocycles. The number of nitrogens with two attached hydrogens (primary N) is 1. The van der Waals surface area contributed by atoms with E-state index in [0.717, 1.165) is 29.2 Å². The van der Waals surface area contributed by atoms with Crippen LogP contribution in [-0.2, 0) is 6.42 Å². The van der Waals surface area contributed by atoms with Gasteiger partial charge in [-0.2, -0.15) is 5.10 Å². The Bertz CT molecular complexity index is 1070. The number of pyridine rings is 1. The standard InChI is InChI=1S/C23H24N6/c24-23-26-12-17(13-27-23)7-6-16-10-20(14-25-11-16)29-15-19-8-9-21(22(19)28-29)18-4-2-1-3-5-18/h10-15,18,21H,1-5,8-9H2,(H2,24,26,27). The van der Waals surface area contributed by atoms with Gasteiger partial charge in [-0.3, -0.25) is 4.98 Å². The van der Waals surface area contributed by atoms with E-state index in [2.05, 4.69) is 33.0 Å². The maximum Gasteiger partial charge on any atom is 0.219 e. The Balaban J connectivity index is 1.39. The summed E-state index contributed by atoms with van der Waals surface area (Å²) in [6.07, 6.45) is 18.3. The van der Waals surface area contributed by atoms with Crippen LogP contribution in [0.4, 0.5) is 5.95 Å². The molecule has 29 heavy (non-hydrogen) atoms. The highest BCUT2D eigenvalue weighted by molar-refractivity contribution is 5.45. The Morgan fingerprint density at radius 1 is 0.931 bits per heavy atom. The number of fused-ring (bicyclic) bond motifs is 1. The summed E-state index contributed by atoms with van der Waals surface area (Å²) in [4.78, 5) is 12.3. The Labute approximate surface area is 170 Å². The van der Waals surface area contributed by atoms with Gasteiger partial charge in [0.05, 0.1) is 23.1 Å². The first kappa shape index (κ1) is 17.9. The molecule has 1 saturated carbocycles. The minimum Gasteiger partial charge on any atom is -0.368 e. The van der Waals surface area contributed by atoms with E-state index in [0.29, 0.717) is 5.92 Å². The molecular formula is C23H24N6. The second-order valence-electron chi connectivity index (χ2n) is 8.04. The van der Waals surface area contributed by atoms with Gasteiger partial charge in [0.1, 0.15) is 0 Å². The number of anilines is 1. The molecule has 2 N–H and O–H groups in total. The highest BCUT2D eigenvalue weighted by Crippen LogP contribution is 2.43. The van der Waals surface area contributed by atoms with Gasteiger partial charge in [0.15, 0.2) is 0 Å². The summed E-state index contributed by atoms with van der Waals surface area (Å²) in [5, 5.41) is 4.98. The van der Waals surface area contributed by atoms with Crippen LogP contribution < -0.4 is 5.73 Å². The molecule has 3 aromatic rings. The van der Waals surface area contributed by atoms with E-state index in [1.807, 2.05) is 16.9 Å². The molecule has 0 amide bonds. The zero-order chi connectivity index (χ0) is 19.6. The lowest BCUT2D eigenvalue weighted by molar-refractivity contribution is 0.299. The number of nitrogens with zero attached hydrogens (tertiary/aromatic N) is 5. The minimum atomic E-state index is 0.248. The van der Waals surface area contributed by atoms with Gasteiger partial charge in [-0.25, -0.2) is 14.6 Å². The van der Waals surface area contributed by atoms with Crippen molar-refractivity contribution >= 4 is 5.95 Å². The Hall–Kier alpha value is -3.20. The molecule has 1 unspecified atom stereocenters. The molecule has 3 aromatic heterocycles. The predicted octanol–water partition coefficient (Wildman–Crippen LogP) is 3.65. The van der Waals surface area contributed by atoms with Crippen LogP contribution in [0.5, 0.6) is 0 Å². The first-order valence-corrected chi connectivity index (χ1v) is 10.4. The lowest BCUT2D eigenvalue weighted by Crippen LogP contribution is -2.15. The normalized spacial score (nSPS) is 18.8. The molecule has 6 heteroatoms. The fourth-order valence-electron chi connectivity index (χ4n) is 4.67. The van der Waals surface area contributed by atoms with Crippen LogP contribution in [0.3, 0.4) is 0 Å². The van der Waals surface area contributed by atoms with E-state index in [1.165, 1.54) is 49.8 Å². The van der Waals surface area contributed by atoms with Crippen molar-refractivity contribution in [3.8, 4) is 17.5 Å². The summed E-state index contributed by atoms with van der Waals surface area (Å²) in [6.45, 7) is 0. The van der Waals surface area contributed by atoms with Crippen molar-refractivity contribution in [2.24, 2.45) is 5.92 Å². The fraction of sp³-hybridized carbons (Fsp3) is 0.391. The van der Waals surface area contributed by atoms with E-state index >= 15 is 0 Å². The molecule has 0 radical (unpaired) electrons. The van der Waals surface area contributed by atoms with Crippen molar-refractivity contribution in [2.75, 3.05) is 5.73 Å². The molecule has 6 nitrogen and oxygen atoms in total. The number of rotatable bonds is 2. The Morgan fingerprint density at radius 2 is 1.72 bits per heavy atom. The first-order valence-electron chi connectivity index (χ1n) is 10.4. The molecule has 0 aliphatic heterocycles. The van der Waals surface area contributed by atoms with Crippen LogP contribution in [0.25, 0.3) is 5.69 Å². The van der Waals surface area contributed by atoms with E-state index in [1.54, 1.807) is 18.6 Å². The summed E-state index contributed by atoms with van der Waals surface area (Å²) in [7, 11) is 0. The highest BCUT2D eigenvalue weighted by atomic mass is 15.3. The second-order valence-corrected chi connectivity index (χ2v) is 8.04. The van der Waals surface area contributed by atoms with E-state index < -0.39 is 0 Å². The predicted molar refractivity (Wildman–Crippen MR) is 111 cm³/mol. The second kappa shape index (κ2) is 7.67. The molecule has 0 spiro atoms. The monoisotopic (exact) mass is 384 g/mol. The van der Waals surface area contributed by atoms with Gasteiger partial charge < -0.3 is 5.73 Å². The molecule has 1 fully saturated rings. The topological polar surface area (TPSA) is 82.5 Å². The molecule has 2 aliphatic rings. The van der Waals surface area contributed by atoms with Crippen LogP contribution in [0, 0.1) is 17.8 Å². The number of aryl methyl sites for hydroxylation is 1.